The predicted octanol–water partition coefficient (Wildman–Crippen LogP) is -7.83. The van der Waals surface area contributed by atoms with Crippen molar-refractivity contribution in [3.63, 3.8) is 0 Å². The van der Waals surface area contributed by atoms with Gasteiger partial charge in [0.15, 0.2) is 20.6 Å². The topological polar surface area (TPSA) is 127 Å². The summed E-state index contributed by atoms with van der Waals surface area (Å²) in [5.74, 6) is 0. The molecule has 0 aliphatic carbocycles. The molecule has 12 heteroatoms. The van der Waals surface area contributed by atoms with Gasteiger partial charge in [-0.3, -0.25) is 4.84 Å². The van der Waals surface area contributed by atoms with E-state index in [1.807, 2.05) is 0 Å². The number of rotatable bonds is 4. The van der Waals surface area contributed by atoms with Crippen LogP contribution in [0.15, 0.2) is 0 Å². The van der Waals surface area contributed by atoms with E-state index in [9.17, 15) is 25.9 Å². The first kappa shape index (κ1) is 21.1. The summed E-state index contributed by atoms with van der Waals surface area (Å²) in [5.41, 5.74) is 0. The molecule has 0 unspecified atom stereocenters. The van der Waals surface area contributed by atoms with Crippen molar-refractivity contribution in [3.8, 4) is 0 Å². The fourth-order valence-corrected chi connectivity index (χ4v) is 1.71. The monoisotopic (exact) mass is 265 g/mol. The molecule has 0 aliphatic rings. The zero-order chi connectivity index (χ0) is 9.99. The molecule has 0 aliphatic heterocycles. The Morgan fingerprint density at radius 1 is 1.07 bits per heavy atom. The maximum atomic E-state index is 10.0. The second-order valence-corrected chi connectivity index (χ2v) is 4.10. The Kier molecular flexibility index (Phi) is 11.9. The van der Waals surface area contributed by atoms with E-state index in [0.29, 0.717) is 0 Å². The number of hydrogen-bond donors (Lipinski definition) is 0. The van der Waals surface area contributed by atoms with E-state index in [-0.39, 0.29) is 59.1 Å². The standard InChI is InChI=1S/C2H7NO7S2.2Na/c1-2-10-3(11(4,5)6)12(7,8)9;;/h2H2,1H3,(H,4,5,6)(H,7,8,9);;/q;2*+1/p-2. The van der Waals surface area contributed by atoms with Crippen LogP contribution in [-0.4, -0.2) is 36.4 Å². The van der Waals surface area contributed by atoms with Crippen molar-refractivity contribution >= 4 is 20.6 Å². The minimum absolute atomic E-state index is 0. The summed E-state index contributed by atoms with van der Waals surface area (Å²) in [6.45, 7) is 0.784. The Morgan fingerprint density at radius 3 is 1.43 bits per heavy atom. The van der Waals surface area contributed by atoms with Crippen molar-refractivity contribution in [2.45, 2.75) is 6.92 Å². The van der Waals surface area contributed by atoms with Crippen LogP contribution < -0.4 is 59.1 Å². The summed E-state index contributed by atoms with van der Waals surface area (Å²) in [5, 5.41) is 0. The van der Waals surface area contributed by atoms with Crippen LogP contribution in [0.2, 0.25) is 0 Å². The summed E-state index contributed by atoms with van der Waals surface area (Å²) in [6.07, 6.45) is 0. The molecule has 0 rings (SSSR count). The third-order valence-corrected chi connectivity index (χ3v) is 2.64. The zero-order valence-corrected chi connectivity index (χ0v) is 13.5. The van der Waals surface area contributed by atoms with E-state index < -0.39 is 31.1 Å². The zero-order valence-electron chi connectivity index (χ0n) is 7.83. The third kappa shape index (κ3) is 7.96. The van der Waals surface area contributed by atoms with Crippen LogP contribution >= 0.6 is 0 Å². The fraction of sp³-hybridized carbons (Fsp3) is 1.00. The van der Waals surface area contributed by atoms with Gasteiger partial charge in [-0.1, -0.05) is 0 Å². The normalized spacial score (nSPS) is 11.7. The number of nitrogens with zero attached hydrogens (tertiary/aromatic N) is 1. The molecule has 0 radical (unpaired) electrons. The van der Waals surface area contributed by atoms with Crippen molar-refractivity contribution in [3.05, 3.63) is 0 Å². The molecule has 0 bridgehead atoms. The quantitative estimate of drug-likeness (QED) is 0.280. The maximum Gasteiger partial charge on any atom is 1.00 e. The molecule has 0 aromatic carbocycles. The average molecular weight is 265 g/mol. The molecule has 0 aromatic heterocycles. The average Bonchev–Trinajstić information content (AvgIpc) is 1.77. The van der Waals surface area contributed by atoms with Crippen molar-refractivity contribution < 1.29 is 89.9 Å². The van der Waals surface area contributed by atoms with E-state index >= 15 is 0 Å². The molecular formula is C2H5NNa2O7S2. The van der Waals surface area contributed by atoms with Gasteiger partial charge in [-0.15, -0.1) is 0 Å². The van der Waals surface area contributed by atoms with Gasteiger partial charge in [0, 0.05) is 3.87 Å². The van der Waals surface area contributed by atoms with Gasteiger partial charge in [0.1, 0.15) is 0 Å². The van der Waals surface area contributed by atoms with Gasteiger partial charge in [-0.25, -0.2) is 16.8 Å². The van der Waals surface area contributed by atoms with E-state index in [1.54, 1.807) is 0 Å². The molecule has 0 saturated carbocycles. The van der Waals surface area contributed by atoms with Crippen LogP contribution in [0, 0.1) is 0 Å². The molecular weight excluding hydrogens is 260 g/mol. The van der Waals surface area contributed by atoms with E-state index in [1.165, 1.54) is 6.92 Å². The largest absolute Gasteiger partial charge is 1.00 e. The Hall–Kier alpha value is 1.74. The van der Waals surface area contributed by atoms with Crippen molar-refractivity contribution in [2.75, 3.05) is 6.61 Å². The molecule has 0 aromatic rings. The second kappa shape index (κ2) is 7.92. The van der Waals surface area contributed by atoms with Gasteiger partial charge >= 0.3 is 59.1 Å². The Balaban J connectivity index is -0.000000605. The SMILES string of the molecule is CCON(S(=O)(=O)[O-])S(=O)(=O)[O-].[Na+].[Na+]. The molecule has 0 N–H and O–H groups in total. The third-order valence-electron chi connectivity index (χ3n) is 0.600. The van der Waals surface area contributed by atoms with Crippen molar-refractivity contribution in [1.29, 1.82) is 0 Å². The van der Waals surface area contributed by atoms with Crippen LogP contribution in [0.25, 0.3) is 0 Å². The van der Waals surface area contributed by atoms with Crippen molar-refractivity contribution in [2.24, 2.45) is 0 Å². The Bertz CT molecular complexity index is 303. The summed E-state index contributed by atoms with van der Waals surface area (Å²) >= 11 is 0. The minimum Gasteiger partial charge on any atom is -0.733 e. The second-order valence-electron chi connectivity index (χ2n) is 1.50. The van der Waals surface area contributed by atoms with E-state index in [4.69, 9.17) is 0 Å². The van der Waals surface area contributed by atoms with Gasteiger partial charge in [0.05, 0.1) is 6.61 Å². The van der Waals surface area contributed by atoms with Gasteiger partial charge in [0.25, 0.3) is 0 Å². The molecule has 74 valence electrons. The number of hydrogen-bond acceptors (Lipinski definition) is 7. The fourth-order valence-electron chi connectivity index (χ4n) is 0.346. The first-order valence-electron chi connectivity index (χ1n) is 2.54. The van der Waals surface area contributed by atoms with Gasteiger partial charge in [-0.05, 0) is 6.92 Å². The van der Waals surface area contributed by atoms with Crippen LogP contribution in [0.1, 0.15) is 6.92 Å². The summed E-state index contributed by atoms with van der Waals surface area (Å²) in [4.78, 5) is 3.80. The Labute approximate surface area is 126 Å². The van der Waals surface area contributed by atoms with Crippen LogP contribution in [-0.2, 0) is 25.4 Å². The van der Waals surface area contributed by atoms with Gasteiger partial charge in [0.2, 0.25) is 0 Å². The van der Waals surface area contributed by atoms with Crippen LogP contribution in [0.4, 0.5) is 0 Å². The minimum atomic E-state index is -5.42. The van der Waals surface area contributed by atoms with E-state index in [2.05, 4.69) is 4.84 Å². The molecule has 0 saturated heterocycles. The predicted molar refractivity (Wildman–Crippen MR) is 32.9 cm³/mol. The maximum absolute atomic E-state index is 10.0. The Morgan fingerprint density at radius 2 is 1.36 bits per heavy atom. The molecule has 14 heavy (non-hydrogen) atoms. The van der Waals surface area contributed by atoms with Crippen molar-refractivity contribution in [1.82, 2.24) is 3.87 Å². The molecule has 0 fully saturated rings. The first-order valence-corrected chi connectivity index (χ1v) is 5.27. The summed E-state index contributed by atoms with van der Waals surface area (Å²) < 4.78 is 59.1. The molecule has 0 heterocycles. The summed E-state index contributed by atoms with van der Waals surface area (Å²) in [6, 6.07) is 0. The van der Waals surface area contributed by atoms with Gasteiger partial charge in [-0.2, -0.15) is 0 Å². The smallest absolute Gasteiger partial charge is 0.733 e. The first-order chi connectivity index (χ1) is 5.19. The molecule has 8 nitrogen and oxygen atoms in total. The van der Waals surface area contributed by atoms with Crippen LogP contribution in [0.5, 0.6) is 0 Å². The van der Waals surface area contributed by atoms with Gasteiger partial charge < -0.3 is 9.11 Å². The summed E-state index contributed by atoms with van der Waals surface area (Å²) in [7, 11) is -10.8. The molecule has 0 atom stereocenters. The van der Waals surface area contributed by atoms with Crippen LogP contribution in [0.3, 0.4) is 0 Å². The molecule has 0 spiro atoms. The molecule has 0 amide bonds. The van der Waals surface area contributed by atoms with E-state index in [0.717, 1.165) is 0 Å².